The molecule has 2 aromatic rings. The predicted molar refractivity (Wildman–Crippen MR) is 83.5 cm³/mol. The summed E-state index contributed by atoms with van der Waals surface area (Å²) in [7, 11) is -2.03. The van der Waals surface area contributed by atoms with Gasteiger partial charge in [-0.2, -0.15) is 0 Å². The number of hydrogen-bond donors (Lipinski definition) is 2. The summed E-state index contributed by atoms with van der Waals surface area (Å²) in [6, 6.07) is 7.03. The van der Waals surface area contributed by atoms with Crippen molar-refractivity contribution in [3.05, 3.63) is 46.7 Å². The molecule has 0 aliphatic rings. The van der Waals surface area contributed by atoms with Gasteiger partial charge in [0.1, 0.15) is 4.90 Å². The number of nitrogens with zero attached hydrogens (tertiary/aromatic N) is 1. The maximum absolute atomic E-state index is 12.4. The molecule has 0 unspecified atom stereocenters. The van der Waals surface area contributed by atoms with Crippen LogP contribution in [0.5, 0.6) is 0 Å². The first-order valence-electron chi connectivity index (χ1n) is 5.85. The first-order valence-corrected chi connectivity index (χ1v) is 8.12. The molecule has 0 atom stereocenters. The maximum atomic E-state index is 12.4. The molecule has 0 radical (unpaired) electrons. The molecule has 2 N–H and O–H groups in total. The van der Waals surface area contributed by atoms with Crippen LogP contribution in [0.2, 0.25) is 0 Å². The first kappa shape index (κ1) is 14.8. The fourth-order valence-electron chi connectivity index (χ4n) is 1.70. The normalized spacial score (nSPS) is 11.2. The zero-order chi connectivity index (χ0) is 14.8. The molecule has 1 heterocycles. The zero-order valence-corrected chi connectivity index (χ0v) is 13.4. The van der Waals surface area contributed by atoms with Crippen molar-refractivity contribution in [2.24, 2.45) is 0 Å². The third-order valence-corrected chi connectivity index (χ3v) is 4.67. The van der Waals surface area contributed by atoms with E-state index in [-0.39, 0.29) is 4.90 Å². The lowest BCUT2D eigenvalue weighted by Gasteiger charge is -2.13. The van der Waals surface area contributed by atoms with Crippen LogP contribution in [0.4, 0.5) is 11.4 Å². The van der Waals surface area contributed by atoms with Gasteiger partial charge in [-0.3, -0.25) is 9.71 Å². The molecule has 0 fully saturated rings. The number of anilines is 2. The highest BCUT2D eigenvalue weighted by atomic mass is 79.9. The zero-order valence-electron chi connectivity index (χ0n) is 11.0. The van der Waals surface area contributed by atoms with Gasteiger partial charge in [-0.15, -0.1) is 0 Å². The summed E-state index contributed by atoms with van der Waals surface area (Å²) in [6.07, 6.45) is 2.86. The molecule has 0 bridgehead atoms. The molecule has 2 rings (SSSR count). The Hall–Kier alpha value is -1.60. The standard InChI is InChI=1S/C13H14BrN3O2S/c1-9-3-4-10(14)7-12(9)17-20(18,19)13-8-16-6-5-11(13)15-2/h3-8,17H,1-2H3,(H,15,16). The molecule has 0 spiro atoms. The molecule has 0 saturated heterocycles. The number of hydrogen-bond acceptors (Lipinski definition) is 4. The number of benzene rings is 1. The Morgan fingerprint density at radius 2 is 1.95 bits per heavy atom. The van der Waals surface area contributed by atoms with E-state index in [4.69, 9.17) is 0 Å². The fraction of sp³-hybridized carbons (Fsp3) is 0.154. The number of aryl methyl sites for hydroxylation is 1. The second-order valence-electron chi connectivity index (χ2n) is 4.19. The molecule has 20 heavy (non-hydrogen) atoms. The van der Waals surface area contributed by atoms with E-state index in [1.165, 1.54) is 12.4 Å². The van der Waals surface area contributed by atoms with Gasteiger partial charge in [0.15, 0.2) is 0 Å². The summed E-state index contributed by atoms with van der Waals surface area (Å²) in [5.74, 6) is 0. The molecule has 7 heteroatoms. The van der Waals surface area contributed by atoms with Crippen LogP contribution in [-0.4, -0.2) is 20.4 Å². The lowest BCUT2D eigenvalue weighted by atomic mass is 10.2. The molecule has 106 valence electrons. The highest BCUT2D eigenvalue weighted by Crippen LogP contribution is 2.26. The van der Waals surface area contributed by atoms with Crippen LogP contribution in [0, 0.1) is 6.92 Å². The summed E-state index contributed by atoms with van der Waals surface area (Å²) >= 11 is 3.33. The van der Waals surface area contributed by atoms with E-state index in [0.29, 0.717) is 11.4 Å². The van der Waals surface area contributed by atoms with Gasteiger partial charge in [0.25, 0.3) is 10.0 Å². The van der Waals surface area contributed by atoms with Crippen molar-refractivity contribution >= 4 is 37.3 Å². The summed E-state index contributed by atoms with van der Waals surface area (Å²) in [5.41, 5.74) is 1.87. The number of rotatable bonds is 4. The second-order valence-corrected chi connectivity index (χ2v) is 6.75. The monoisotopic (exact) mass is 355 g/mol. The molecule has 0 aliphatic heterocycles. The van der Waals surface area contributed by atoms with E-state index in [9.17, 15) is 8.42 Å². The van der Waals surface area contributed by atoms with Gasteiger partial charge >= 0.3 is 0 Å². The third-order valence-electron chi connectivity index (χ3n) is 2.79. The SMILES string of the molecule is CNc1ccncc1S(=O)(=O)Nc1cc(Br)ccc1C. The molecular formula is C13H14BrN3O2S. The van der Waals surface area contributed by atoms with Gasteiger partial charge in [0.05, 0.1) is 11.4 Å². The van der Waals surface area contributed by atoms with Crippen molar-refractivity contribution in [1.82, 2.24) is 4.98 Å². The van der Waals surface area contributed by atoms with Crippen molar-refractivity contribution in [2.75, 3.05) is 17.1 Å². The minimum Gasteiger partial charge on any atom is -0.387 e. The van der Waals surface area contributed by atoms with E-state index in [0.717, 1.165) is 10.0 Å². The average molecular weight is 356 g/mol. The smallest absolute Gasteiger partial charge is 0.265 e. The largest absolute Gasteiger partial charge is 0.387 e. The highest BCUT2D eigenvalue weighted by Gasteiger charge is 2.19. The first-order chi connectivity index (χ1) is 9.44. The Kier molecular flexibility index (Phi) is 4.29. The van der Waals surface area contributed by atoms with Gasteiger partial charge in [-0.25, -0.2) is 8.42 Å². The van der Waals surface area contributed by atoms with Crippen LogP contribution in [0.3, 0.4) is 0 Å². The summed E-state index contributed by atoms with van der Waals surface area (Å²) < 4.78 is 28.3. The molecule has 5 nitrogen and oxygen atoms in total. The minimum absolute atomic E-state index is 0.113. The average Bonchev–Trinajstić information content (AvgIpc) is 2.42. The molecule has 0 amide bonds. The molecule has 1 aromatic carbocycles. The van der Waals surface area contributed by atoms with Gasteiger partial charge in [-0.05, 0) is 30.7 Å². The quantitative estimate of drug-likeness (QED) is 0.884. The summed E-state index contributed by atoms with van der Waals surface area (Å²) in [5, 5.41) is 2.85. The van der Waals surface area contributed by atoms with Gasteiger partial charge in [0, 0.05) is 23.9 Å². The van der Waals surface area contributed by atoms with Crippen LogP contribution in [-0.2, 0) is 10.0 Å². The number of halogens is 1. The molecule has 1 aromatic heterocycles. The van der Waals surface area contributed by atoms with Crippen LogP contribution in [0.15, 0.2) is 46.0 Å². The van der Waals surface area contributed by atoms with Crippen molar-refractivity contribution in [3.63, 3.8) is 0 Å². The second kappa shape index (κ2) is 5.80. The van der Waals surface area contributed by atoms with Crippen LogP contribution in [0.1, 0.15) is 5.56 Å². The van der Waals surface area contributed by atoms with E-state index in [1.807, 2.05) is 19.1 Å². The Balaban J connectivity index is 2.43. The van der Waals surface area contributed by atoms with Crippen molar-refractivity contribution in [2.45, 2.75) is 11.8 Å². The fourth-order valence-corrected chi connectivity index (χ4v) is 3.34. The molecule has 0 aliphatic carbocycles. The van der Waals surface area contributed by atoms with Crippen molar-refractivity contribution in [1.29, 1.82) is 0 Å². The Morgan fingerprint density at radius 1 is 1.20 bits per heavy atom. The predicted octanol–water partition coefficient (Wildman–Crippen LogP) is 3.00. The molecular weight excluding hydrogens is 342 g/mol. The van der Waals surface area contributed by atoms with E-state index in [2.05, 4.69) is 31.0 Å². The molecule has 0 saturated carbocycles. The number of aromatic nitrogens is 1. The Morgan fingerprint density at radius 3 is 2.65 bits per heavy atom. The summed E-state index contributed by atoms with van der Waals surface area (Å²) in [6.45, 7) is 1.84. The minimum atomic E-state index is -3.69. The summed E-state index contributed by atoms with van der Waals surface area (Å²) in [4.78, 5) is 3.99. The van der Waals surface area contributed by atoms with E-state index >= 15 is 0 Å². The third kappa shape index (κ3) is 3.10. The highest BCUT2D eigenvalue weighted by molar-refractivity contribution is 9.10. The van der Waals surface area contributed by atoms with E-state index < -0.39 is 10.0 Å². The van der Waals surface area contributed by atoms with Crippen LogP contribution in [0.25, 0.3) is 0 Å². The maximum Gasteiger partial charge on any atom is 0.265 e. The van der Waals surface area contributed by atoms with Gasteiger partial charge in [-0.1, -0.05) is 22.0 Å². The number of sulfonamides is 1. The van der Waals surface area contributed by atoms with Crippen molar-refractivity contribution in [3.8, 4) is 0 Å². The van der Waals surface area contributed by atoms with Crippen molar-refractivity contribution < 1.29 is 8.42 Å². The Labute approximate surface area is 126 Å². The Bertz CT molecular complexity index is 732. The topological polar surface area (TPSA) is 71.1 Å². The van der Waals surface area contributed by atoms with Crippen LogP contribution < -0.4 is 10.0 Å². The number of pyridine rings is 1. The number of nitrogens with one attached hydrogen (secondary N) is 2. The lowest BCUT2D eigenvalue weighted by molar-refractivity contribution is 0.601. The van der Waals surface area contributed by atoms with Gasteiger partial charge < -0.3 is 5.32 Å². The van der Waals surface area contributed by atoms with Gasteiger partial charge in [0.2, 0.25) is 0 Å². The lowest BCUT2D eigenvalue weighted by Crippen LogP contribution is -2.15. The van der Waals surface area contributed by atoms with Crippen LogP contribution >= 0.6 is 15.9 Å². The van der Waals surface area contributed by atoms with E-state index in [1.54, 1.807) is 19.2 Å².